The van der Waals surface area contributed by atoms with Crippen molar-refractivity contribution in [1.82, 2.24) is 15.1 Å². The van der Waals surface area contributed by atoms with Crippen LogP contribution in [-0.2, 0) is 4.74 Å². The Morgan fingerprint density at radius 1 is 1.35 bits per heavy atom. The molecule has 1 amide bonds. The Hall–Kier alpha value is -1.44. The fourth-order valence-corrected chi connectivity index (χ4v) is 4.96. The molecule has 0 bridgehead atoms. The molecule has 2 aliphatic heterocycles. The number of hydrogen-bond donors (Lipinski definition) is 0. The summed E-state index contributed by atoms with van der Waals surface area (Å²) in [7, 11) is 0. The summed E-state index contributed by atoms with van der Waals surface area (Å²) in [4.78, 5) is 15.5. The lowest BCUT2D eigenvalue weighted by Gasteiger charge is -2.36. The van der Waals surface area contributed by atoms with Gasteiger partial charge in [-0.1, -0.05) is 25.4 Å². The zero-order chi connectivity index (χ0) is 18.3. The second-order valence-electron chi connectivity index (χ2n) is 7.45. The second kappa shape index (κ2) is 6.94. The van der Waals surface area contributed by atoms with E-state index >= 15 is 0 Å². The molecule has 0 saturated carbocycles. The predicted molar refractivity (Wildman–Crippen MR) is 98.8 cm³/mol. The summed E-state index contributed by atoms with van der Waals surface area (Å²) in [6.45, 7) is 6.75. The molecule has 2 aromatic heterocycles. The molecule has 2 aromatic rings. The molecule has 1 unspecified atom stereocenters. The topological polar surface area (TPSA) is 68.5 Å². The van der Waals surface area contributed by atoms with Crippen molar-refractivity contribution in [2.75, 3.05) is 26.3 Å². The molecule has 26 heavy (non-hydrogen) atoms. The van der Waals surface area contributed by atoms with E-state index < -0.39 is 0 Å². The smallest absolute Gasteiger partial charge is 0.264 e. The van der Waals surface area contributed by atoms with Gasteiger partial charge in [0.1, 0.15) is 0 Å². The molecule has 2 aliphatic rings. The highest BCUT2D eigenvalue weighted by atomic mass is 35.5. The van der Waals surface area contributed by atoms with Crippen molar-refractivity contribution in [3.05, 3.63) is 33.1 Å². The van der Waals surface area contributed by atoms with Crippen LogP contribution in [0.15, 0.2) is 16.5 Å². The van der Waals surface area contributed by atoms with Crippen LogP contribution in [0.25, 0.3) is 0 Å². The number of carbonyl (C=O) groups excluding carboxylic acids is 1. The Bertz CT molecular complexity index is 797. The van der Waals surface area contributed by atoms with Crippen LogP contribution in [0.3, 0.4) is 0 Å². The average molecular weight is 396 g/mol. The van der Waals surface area contributed by atoms with Gasteiger partial charge in [0.2, 0.25) is 11.8 Å². The average Bonchev–Trinajstić information content (AvgIpc) is 3.34. The van der Waals surface area contributed by atoms with Crippen molar-refractivity contribution in [3.8, 4) is 0 Å². The molecular formula is C18H22ClN3O3S. The minimum Gasteiger partial charge on any atom is -0.425 e. The van der Waals surface area contributed by atoms with Crippen LogP contribution in [0.2, 0.25) is 4.34 Å². The van der Waals surface area contributed by atoms with Crippen LogP contribution in [-0.4, -0.2) is 47.3 Å². The molecule has 1 atom stereocenters. The van der Waals surface area contributed by atoms with Crippen LogP contribution in [0.4, 0.5) is 0 Å². The first kappa shape index (κ1) is 17.9. The van der Waals surface area contributed by atoms with E-state index in [1.54, 1.807) is 12.1 Å². The van der Waals surface area contributed by atoms with E-state index in [-0.39, 0.29) is 23.2 Å². The molecule has 6 nitrogen and oxygen atoms in total. The summed E-state index contributed by atoms with van der Waals surface area (Å²) in [5.41, 5.74) is -0.0598. The molecule has 2 fully saturated rings. The van der Waals surface area contributed by atoms with Gasteiger partial charge >= 0.3 is 0 Å². The van der Waals surface area contributed by atoms with E-state index in [2.05, 4.69) is 10.2 Å². The highest BCUT2D eigenvalue weighted by Gasteiger charge is 2.51. The van der Waals surface area contributed by atoms with Gasteiger partial charge in [0.25, 0.3) is 5.91 Å². The normalized spacial score (nSPS) is 22.5. The first-order valence-corrected chi connectivity index (χ1v) is 10.1. The van der Waals surface area contributed by atoms with E-state index in [4.69, 9.17) is 20.8 Å². The Balaban J connectivity index is 1.63. The lowest BCUT2D eigenvalue weighted by Crippen LogP contribution is -2.37. The monoisotopic (exact) mass is 395 g/mol. The van der Waals surface area contributed by atoms with E-state index in [9.17, 15) is 4.79 Å². The van der Waals surface area contributed by atoms with Crippen LogP contribution < -0.4 is 0 Å². The minimum absolute atomic E-state index is 0.0267. The number of carbonyl (C=O) groups is 1. The zero-order valence-corrected chi connectivity index (χ0v) is 16.5. The van der Waals surface area contributed by atoms with Gasteiger partial charge in [-0.15, -0.1) is 21.5 Å². The van der Waals surface area contributed by atoms with Crippen LogP contribution in [0.5, 0.6) is 0 Å². The van der Waals surface area contributed by atoms with Gasteiger partial charge in [-0.05, 0) is 25.0 Å². The summed E-state index contributed by atoms with van der Waals surface area (Å²) < 4.78 is 12.2. The first-order valence-electron chi connectivity index (χ1n) is 8.94. The molecule has 0 N–H and O–H groups in total. The van der Waals surface area contributed by atoms with Gasteiger partial charge in [0.05, 0.1) is 15.1 Å². The molecular weight excluding hydrogens is 374 g/mol. The maximum absolute atomic E-state index is 13.0. The lowest BCUT2D eigenvalue weighted by atomic mass is 9.72. The predicted octanol–water partition coefficient (Wildman–Crippen LogP) is 3.94. The summed E-state index contributed by atoms with van der Waals surface area (Å²) >= 11 is 7.33. The van der Waals surface area contributed by atoms with Gasteiger partial charge < -0.3 is 14.1 Å². The van der Waals surface area contributed by atoms with Crippen molar-refractivity contribution in [3.63, 3.8) is 0 Å². The molecule has 1 spiro atoms. The SMILES string of the molecule is CC(C)c1nnc(C2CN(C(=O)c3ccc(Cl)s3)CC23CCOCC3)o1. The number of amides is 1. The largest absolute Gasteiger partial charge is 0.425 e. The maximum atomic E-state index is 13.0. The van der Waals surface area contributed by atoms with Crippen molar-refractivity contribution in [2.24, 2.45) is 5.41 Å². The molecule has 0 aromatic carbocycles. The van der Waals surface area contributed by atoms with Crippen LogP contribution in [0, 0.1) is 5.41 Å². The first-order chi connectivity index (χ1) is 12.5. The fourth-order valence-electron chi connectivity index (χ4n) is 3.95. The van der Waals surface area contributed by atoms with Gasteiger partial charge in [-0.2, -0.15) is 0 Å². The molecule has 140 valence electrons. The lowest BCUT2D eigenvalue weighted by molar-refractivity contribution is 0.00890. The Labute approximate surface area is 161 Å². The van der Waals surface area contributed by atoms with Crippen molar-refractivity contribution in [1.29, 1.82) is 0 Å². The summed E-state index contributed by atoms with van der Waals surface area (Å²) in [6.07, 6.45) is 1.79. The van der Waals surface area contributed by atoms with Gasteiger partial charge in [-0.3, -0.25) is 4.79 Å². The van der Waals surface area contributed by atoms with Crippen molar-refractivity contribution < 1.29 is 13.9 Å². The van der Waals surface area contributed by atoms with Crippen LogP contribution >= 0.6 is 22.9 Å². The number of aromatic nitrogens is 2. The second-order valence-corrected chi connectivity index (χ2v) is 9.17. The van der Waals surface area contributed by atoms with Gasteiger partial charge in [0, 0.05) is 37.6 Å². The maximum Gasteiger partial charge on any atom is 0.264 e. The number of rotatable bonds is 3. The number of nitrogens with zero attached hydrogens (tertiary/aromatic N) is 3. The molecule has 4 heterocycles. The summed E-state index contributed by atoms with van der Waals surface area (Å²) in [5.74, 6) is 1.56. The molecule has 8 heteroatoms. The molecule has 0 aliphatic carbocycles. The quantitative estimate of drug-likeness (QED) is 0.787. The van der Waals surface area contributed by atoms with E-state index in [0.717, 1.165) is 12.8 Å². The fraction of sp³-hybridized carbons (Fsp3) is 0.611. The third-order valence-corrected chi connectivity index (χ3v) is 6.68. The number of thiophene rings is 1. The van der Waals surface area contributed by atoms with Crippen molar-refractivity contribution >= 4 is 28.8 Å². The van der Waals surface area contributed by atoms with E-state index in [1.807, 2.05) is 18.7 Å². The van der Waals surface area contributed by atoms with Gasteiger partial charge in [-0.25, -0.2) is 0 Å². The van der Waals surface area contributed by atoms with E-state index in [1.165, 1.54) is 11.3 Å². The van der Waals surface area contributed by atoms with Crippen LogP contribution in [0.1, 0.15) is 60.0 Å². The number of likely N-dealkylation sites (tertiary alicyclic amines) is 1. The third-order valence-electron chi connectivity index (χ3n) is 5.46. The molecule has 2 saturated heterocycles. The van der Waals surface area contributed by atoms with Crippen molar-refractivity contribution in [2.45, 2.75) is 38.5 Å². The number of halogens is 1. The van der Waals surface area contributed by atoms with Gasteiger partial charge in [0.15, 0.2) is 0 Å². The zero-order valence-electron chi connectivity index (χ0n) is 14.9. The number of ether oxygens (including phenoxy) is 1. The Morgan fingerprint density at radius 2 is 2.12 bits per heavy atom. The summed E-state index contributed by atoms with van der Waals surface area (Å²) in [6, 6.07) is 3.56. The highest BCUT2D eigenvalue weighted by Crippen LogP contribution is 2.49. The standard InChI is InChI=1S/C18H22ClN3O3S/c1-11(2)15-20-21-16(25-15)12-9-22(10-18(12)5-7-24-8-6-18)17(23)13-3-4-14(19)26-13/h3-4,11-12H,5-10H2,1-2H3. The van der Waals surface area contributed by atoms with E-state index in [0.29, 0.717) is 47.3 Å². The number of hydrogen-bond acceptors (Lipinski definition) is 6. The Morgan fingerprint density at radius 3 is 2.73 bits per heavy atom. The Kier molecular flexibility index (Phi) is 4.79. The highest BCUT2D eigenvalue weighted by molar-refractivity contribution is 7.17. The minimum atomic E-state index is -0.0598. The molecule has 4 rings (SSSR count). The third kappa shape index (κ3) is 3.17. The summed E-state index contributed by atoms with van der Waals surface area (Å²) in [5, 5.41) is 8.53. The molecule has 0 radical (unpaired) electrons.